The zero-order valence-electron chi connectivity index (χ0n) is 14.5. The summed E-state index contributed by atoms with van der Waals surface area (Å²) >= 11 is 0. The SMILES string of the molecule is COc1ccc(CCNCc2cn(C)c3ccccc23)cc1OC. The number of rotatable bonds is 7. The number of benzene rings is 2. The molecule has 0 fully saturated rings. The molecule has 0 radical (unpaired) electrons. The largest absolute Gasteiger partial charge is 0.493 e. The van der Waals surface area contributed by atoms with E-state index >= 15 is 0 Å². The molecule has 4 heteroatoms. The molecule has 0 saturated carbocycles. The second kappa shape index (κ2) is 7.41. The van der Waals surface area contributed by atoms with Gasteiger partial charge >= 0.3 is 0 Å². The normalized spacial score (nSPS) is 11.0. The molecular formula is C20H24N2O2. The van der Waals surface area contributed by atoms with Crippen molar-refractivity contribution in [2.24, 2.45) is 7.05 Å². The number of nitrogens with one attached hydrogen (secondary N) is 1. The highest BCUT2D eigenvalue weighted by Crippen LogP contribution is 2.27. The first-order valence-corrected chi connectivity index (χ1v) is 8.17. The summed E-state index contributed by atoms with van der Waals surface area (Å²) in [5, 5.41) is 4.85. The summed E-state index contributed by atoms with van der Waals surface area (Å²) in [5.41, 5.74) is 3.84. The number of aryl methyl sites for hydroxylation is 1. The first-order valence-electron chi connectivity index (χ1n) is 8.17. The van der Waals surface area contributed by atoms with Crippen LogP contribution in [0.4, 0.5) is 0 Å². The molecule has 1 aromatic heterocycles. The lowest BCUT2D eigenvalue weighted by Gasteiger charge is -2.10. The van der Waals surface area contributed by atoms with E-state index in [1.54, 1.807) is 14.2 Å². The van der Waals surface area contributed by atoms with Crippen LogP contribution in [-0.4, -0.2) is 25.3 Å². The minimum atomic E-state index is 0.768. The van der Waals surface area contributed by atoms with Crippen molar-refractivity contribution in [3.8, 4) is 11.5 Å². The van der Waals surface area contributed by atoms with Crippen molar-refractivity contribution in [3.05, 3.63) is 59.8 Å². The van der Waals surface area contributed by atoms with Crippen LogP contribution in [0.15, 0.2) is 48.7 Å². The summed E-state index contributed by atoms with van der Waals surface area (Å²) in [7, 11) is 5.42. The van der Waals surface area contributed by atoms with Gasteiger partial charge in [-0.05, 0) is 42.3 Å². The molecule has 0 saturated heterocycles. The Labute approximate surface area is 143 Å². The zero-order valence-corrected chi connectivity index (χ0v) is 14.5. The van der Waals surface area contributed by atoms with Gasteiger partial charge in [-0.3, -0.25) is 0 Å². The fraction of sp³-hybridized carbons (Fsp3) is 0.300. The maximum absolute atomic E-state index is 5.36. The van der Waals surface area contributed by atoms with Gasteiger partial charge in [0.1, 0.15) is 0 Å². The lowest BCUT2D eigenvalue weighted by molar-refractivity contribution is 0.354. The lowest BCUT2D eigenvalue weighted by Crippen LogP contribution is -2.16. The van der Waals surface area contributed by atoms with E-state index in [9.17, 15) is 0 Å². The highest BCUT2D eigenvalue weighted by Gasteiger charge is 2.06. The molecule has 24 heavy (non-hydrogen) atoms. The third-order valence-electron chi connectivity index (χ3n) is 4.33. The molecule has 0 bridgehead atoms. The molecule has 0 spiro atoms. The van der Waals surface area contributed by atoms with Crippen molar-refractivity contribution in [1.29, 1.82) is 0 Å². The molecule has 0 aliphatic carbocycles. The fourth-order valence-corrected chi connectivity index (χ4v) is 3.06. The molecule has 0 aliphatic heterocycles. The van der Waals surface area contributed by atoms with Crippen molar-refractivity contribution in [3.63, 3.8) is 0 Å². The van der Waals surface area contributed by atoms with Crippen LogP contribution in [0.3, 0.4) is 0 Å². The Balaban J connectivity index is 1.59. The predicted molar refractivity (Wildman–Crippen MR) is 97.9 cm³/mol. The summed E-state index contributed by atoms with van der Waals surface area (Å²) < 4.78 is 12.8. The molecule has 1 heterocycles. The molecule has 4 nitrogen and oxygen atoms in total. The van der Waals surface area contributed by atoms with Crippen LogP contribution in [-0.2, 0) is 20.0 Å². The first-order chi connectivity index (χ1) is 11.7. The van der Waals surface area contributed by atoms with Gasteiger partial charge in [0.05, 0.1) is 14.2 Å². The van der Waals surface area contributed by atoms with E-state index in [1.807, 2.05) is 12.1 Å². The van der Waals surface area contributed by atoms with Crippen LogP contribution >= 0.6 is 0 Å². The minimum Gasteiger partial charge on any atom is -0.493 e. The standard InChI is InChI=1S/C20H24N2O2/c1-22-14-16(17-6-4-5-7-18(17)22)13-21-11-10-15-8-9-19(23-2)20(12-15)24-3/h4-9,12,14,21H,10-11,13H2,1-3H3. The van der Waals surface area contributed by atoms with Crippen LogP contribution in [0.25, 0.3) is 10.9 Å². The van der Waals surface area contributed by atoms with E-state index in [4.69, 9.17) is 9.47 Å². The molecule has 0 unspecified atom stereocenters. The quantitative estimate of drug-likeness (QED) is 0.675. The van der Waals surface area contributed by atoms with Crippen molar-refractivity contribution in [1.82, 2.24) is 9.88 Å². The monoisotopic (exact) mass is 324 g/mol. The van der Waals surface area contributed by atoms with Gasteiger partial charge in [-0.2, -0.15) is 0 Å². The topological polar surface area (TPSA) is 35.4 Å². The number of hydrogen-bond donors (Lipinski definition) is 1. The number of fused-ring (bicyclic) bond motifs is 1. The van der Waals surface area contributed by atoms with Crippen molar-refractivity contribution in [2.45, 2.75) is 13.0 Å². The summed E-state index contributed by atoms with van der Waals surface area (Å²) in [4.78, 5) is 0. The van der Waals surface area contributed by atoms with E-state index in [-0.39, 0.29) is 0 Å². The number of nitrogens with zero attached hydrogens (tertiary/aromatic N) is 1. The molecule has 0 aliphatic rings. The Kier molecular flexibility index (Phi) is 5.06. The van der Waals surface area contributed by atoms with Crippen LogP contribution in [0.5, 0.6) is 11.5 Å². The van der Waals surface area contributed by atoms with E-state index in [1.165, 1.54) is 22.0 Å². The molecule has 3 rings (SSSR count). The summed E-state index contributed by atoms with van der Waals surface area (Å²) in [5.74, 6) is 1.55. The summed E-state index contributed by atoms with van der Waals surface area (Å²) in [6, 6.07) is 14.6. The van der Waals surface area contributed by atoms with Gasteiger partial charge < -0.3 is 19.4 Å². The second-order valence-electron chi connectivity index (χ2n) is 5.90. The minimum absolute atomic E-state index is 0.768. The number of hydrogen-bond acceptors (Lipinski definition) is 3. The van der Waals surface area contributed by atoms with Gasteiger partial charge in [0.25, 0.3) is 0 Å². The Bertz CT molecular complexity index is 824. The van der Waals surface area contributed by atoms with Crippen molar-refractivity contribution < 1.29 is 9.47 Å². The maximum atomic E-state index is 5.36. The predicted octanol–water partition coefficient (Wildman–Crippen LogP) is 3.53. The summed E-state index contributed by atoms with van der Waals surface area (Å²) in [6.45, 7) is 1.79. The van der Waals surface area contributed by atoms with Gasteiger partial charge in [0.15, 0.2) is 11.5 Å². The molecule has 1 N–H and O–H groups in total. The number of ether oxygens (including phenoxy) is 2. The van der Waals surface area contributed by atoms with Crippen LogP contribution in [0.1, 0.15) is 11.1 Å². The zero-order chi connectivity index (χ0) is 16.9. The van der Waals surface area contributed by atoms with Crippen molar-refractivity contribution in [2.75, 3.05) is 20.8 Å². The number of aromatic nitrogens is 1. The smallest absolute Gasteiger partial charge is 0.160 e. The second-order valence-corrected chi connectivity index (χ2v) is 5.90. The Hall–Kier alpha value is -2.46. The molecule has 3 aromatic rings. The van der Waals surface area contributed by atoms with E-state index in [0.717, 1.165) is 31.0 Å². The maximum Gasteiger partial charge on any atom is 0.160 e. The summed E-state index contributed by atoms with van der Waals surface area (Å²) in [6.07, 6.45) is 3.15. The highest BCUT2D eigenvalue weighted by molar-refractivity contribution is 5.83. The van der Waals surface area contributed by atoms with Crippen LogP contribution in [0.2, 0.25) is 0 Å². The first kappa shape index (κ1) is 16.4. The lowest BCUT2D eigenvalue weighted by atomic mass is 10.1. The van der Waals surface area contributed by atoms with Gasteiger partial charge in [0.2, 0.25) is 0 Å². The van der Waals surface area contributed by atoms with E-state index < -0.39 is 0 Å². The Morgan fingerprint density at radius 2 is 1.79 bits per heavy atom. The van der Waals surface area contributed by atoms with Gasteiger partial charge in [-0.25, -0.2) is 0 Å². The van der Waals surface area contributed by atoms with Crippen molar-refractivity contribution >= 4 is 10.9 Å². The van der Waals surface area contributed by atoms with E-state index in [0.29, 0.717) is 0 Å². The Morgan fingerprint density at radius 3 is 2.58 bits per heavy atom. The molecule has 126 valence electrons. The average Bonchev–Trinajstić information content (AvgIpc) is 2.95. The highest BCUT2D eigenvalue weighted by atomic mass is 16.5. The number of para-hydroxylation sites is 1. The van der Waals surface area contributed by atoms with Crippen LogP contribution < -0.4 is 14.8 Å². The molecule has 0 amide bonds. The fourth-order valence-electron chi connectivity index (χ4n) is 3.06. The third kappa shape index (κ3) is 3.39. The average molecular weight is 324 g/mol. The number of methoxy groups -OCH3 is 2. The Morgan fingerprint density at radius 1 is 1.00 bits per heavy atom. The van der Waals surface area contributed by atoms with Gasteiger partial charge in [0, 0.05) is 30.7 Å². The third-order valence-corrected chi connectivity index (χ3v) is 4.33. The van der Waals surface area contributed by atoms with Gasteiger partial charge in [-0.15, -0.1) is 0 Å². The molecule has 2 aromatic carbocycles. The van der Waals surface area contributed by atoms with Crippen LogP contribution in [0, 0.1) is 0 Å². The molecular weight excluding hydrogens is 300 g/mol. The molecule has 0 atom stereocenters. The van der Waals surface area contributed by atoms with Gasteiger partial charge in [-0.1, -0.05) is 24.3 Å². The van der Waals surface area contributed by atoms with E-state index in [2.05, 4.69) is 53.5 Å².